The van der Waals surface area contributed by atoms with Crippen LogP contribution in [0.1, 0.15) is 38.2 Å². The fourth-order valence-electron chi connectivity index (χ4n) is 3.06. The van der Waals surface area contributed by atoms with Crippen molar-refractivity contribution in [3.8, 4) is 17.6 Å². The lowest BCUT2D eigenvalue weighted by Crippen LogP contribution is -2.26. The Balaban J connectivity index is 1.65. The highest BCUT2D eigenvalue weighted by Gasteiger charge is 2.21. The molecule has 152 valence electrons. The summed E-state index contributed by atoms with van der Waals surface area (Å²) in [5.41, 5.74) is 1.09. The Morgan fingerprint density at radius 1 is 1.25 bits per heavy atom. The summed E-state index contributed by atoms with van der Waals surface area (Å²) >= 11 is 0. The smallest absolute Gasteiger partial charge is 0.305 e. The molecule has 3 atom stereocenters. The summed E-state index contributed by atoms with van der Waals surface area (Å²) in [6, 6.07) is 7.79. The number of rotatable bonds is 9. The summed E-state index contributed by atoms with van der Waals surface area (Å²) < 4.78 is 21.5. The van der Waals surface area contributed by atoms with Crippen LogP contribution >= 0.6 is 0 Å². The largest absolute Gasteiger partial charge is 0.497 e. The van der Waals surface area contributed by atoms with E-state index < -0.39 is 0 Å². The third kappa shape index (κ3) is 8.16. The number of methoxy groups -OCH3 is 2. The first kappa shape index (κ1) is 22.0. The SMILES string of the molecule is COC(=O)C[C@H](C)C[C@@H]1CC=C[C@@H](CC#CCOCc2ccc(OC)cc2)O1. The van der Waals surface area contributed by atoms with Crippen LogP contribution in [0, 0.1) is 17.8 Å². The van der Waals surface area contributed by atoms with E-state index in [1.54, 1.807) is 7.11 Å². The molecular weight excluding hydrogens is 356 g/mol. The minimum atomic E-state index is -0.170. The molecule has 1 heterocycles. The van der Waals surface area contributed by atoms with Gasteiger partial charge in [0.1, 0.15) is 12.4 Å². The van der Waals surface area contributed by atoms with Gasteiger partial charge < -0.3 is 18.9 Å². The maximum atomic E-state index is 11.4. The van der Waals surface area contributed by atoms with Gasteiger partial charge in [0.25, 0.3) is 0 Å². The summed E-state index contributed by atoms with van der Waals surface area (Å²) in [6.45, 7) is 2.97. The maximum absolute atomic E-state index is 11.4. The highest BCUT2D eigenvalue weighted by atomic mass is 16.5. The number of hydrogen-bond donors (Lipinski definition) is 0. The Morgan fingerprint density at radius 2 is 2.04 bits per heavy atom. The van der Waals surface area contributed by atoms with Gasteiger partial charge in [0.05, 0.1) is 33.0 Å². The molecule has 0 aromatic heterocycles. The van der Waals surface area contributed by atoms with E-state index in [1.165, 1.54) is 7.11 Å². The minimum absolute atomic E-state index is 0.00170. The second kappa shape index (κ2) is 12.2. The summed E-state index contributed by atoms with van der Waals surface area (Å²) in [6.07, 6.45) is 7.12. The average Bonchev–Trinajstić information content (AvgIpc) is 2.71. The molecule has 0 aliphatic carbocycles. The van der Waals surface area contributed by atoms with Crippen LogP contribution in [0.4, 0.5) is 0 Å². The number of carbonyl (C=O) groups excluding carboxylic acids is 1. The number of esters is 1. The lowest BCUT2D eigenvalue weighted by Gasteiger charge is -2.27. The van der Waals surface area contributed by atoms with Crippen molar-refractivity contribution in [1.82, 2.24) is 0 Å². The Bertz CT molecular complexity index is 683. The van der Waals surface area contributed by atoms with Gasteiger partial charge in [-0.3, -0.25) is 4.79 Å². The number of hydrogen-bond acceptors (Lipinski definition) is 5. The van der Waals surface area contributed by atoms with E-state index in [4.69, 9.17) is 18.9 Å². The third-order valence-electron chi connectivity index (χ3n) is 4.56. The highest BCUT2D eigenvalue weighted by Crippen LogP contribution is 2.22. The Kier molecular flexibility index (Phi) is 9.61. The van der Waals surface area contributed by atoms with Gasteiger partial charge in [-0.15, -0.1) is 0 Å². The van der Waals surface area contributed by atoms with Crippen molar-refractivity contribution in [3.05, 3.63) is 42.0 Å². The van der Waals surface area contributed by atoms with E-state index >= 15 is 0 Å². The summed E-state index contributed by atoms with van der Waals surface area (Å²) in [4.78, 5) is 11.4. The van der Waals surface area contributed by atoms with E-state index in [9.17, 15) is 4.79 Å². The zero-order chi connectivity index (χ0) is 20.2. The molecule has 2 rings (SSSR count). The molecule has 0 saturated carbocycles. The van der Waals surface area contributed by atoms with Crippen LogP contribution in [0.3, 0.4) is 0 Å². The number of benzene rings is 1. The number of ether oxygens (including phenoxy) is 4. The zero-order valence-corrected chi connectivity index (χ0v) is 17.0. The Labute approximate surface area is 168 Å². The van der Waals surface area contributed by atoms with Gasteiger partial charge in [-0.25, -0.2) is 0 Å². The van der Waals surface area contributed by atoms with Gasteiger partial charge in [0.15, 0.2) is 0 Å². The van der Waals surface area contributed by atoms with Crippen LogP contribution in [0.25, 0.3) is 0 Å². The molecule has 1 aromatic rings. The molecule has 0 bridgehead atoms. The standard InChI is InChI=1S/C23H30O5/c1-18(16-23(24)26-3)15-22-9-6-8-21(28-22)7-4-5-14-27-17-19-10-12-20(25-2)13-11-19/h6,8,10-13,18,21-22H,7,9,14-17H2,1-3H3/t18-,21-,22+/m1/s1. The molecule has 1 aromatic carbocycles. The van der Waals surface area contributed by atoms with Crippen LogP contribution in [0.15, 0.2) is 36.4 Å². The van der Waals surface area contributed by atoms with Crippen molar-refractivity contribution in [1.29, 1.82) is 0 Å². The van der Waals surface area contributed by atoms with Gasteiger partial charge in [-0.1, -0.05) is 43.0 Å². The van der Waals surface area contributed by atoms with E-state index in [0.29, 0.717) is 26.1 Å². The van der Waals surface area contributed by atoms with Gasteiger partial charge in [0, 0.05) is 12.8 Å². The molecule has 5 nitrogen and oxygen atoms in total. The normalized spacial score (nSPS) is 19.4. The van der Waals surface area contributed by atoms with E-state index in [2.05, 4.69) is 24.0 Å². The van der Waals surface area contributed by atoms with Gasteiger partial charge in [0.2, 0.25) is 0 Å². The molecule has 5 heteroatoms. The molecular formula is C23H30O5. The fraction of sp³-hybridized carbons (Fsp3) is 0.522. The predicted octanol–water partition coefficient (Wildman–Crippen LogP) is 3.91. The second-order valence-electron chi connectivity index (χ2n) is 6.98. The van der Waals surface area contributed by atoms with Crippen molar-refractivity contribution in [2.45, 2.75) is 51.4 Å². The first-order valence-electron chi connectivity index (χ1n) is 9.66. The molecule has 0 fully saturated rings. The van der Waals surface area contributed by atoms with Crippen LogP contribution in [0.5, 0.6) is 5.75 Å². The van der Waals surface area contributed by atoms with Crippen LogP contribution in [0.2, 0.25) is 0 Å². The lowest BCUT2D eigenvalue weighted by atomic mass is 9.96. The maximum Gasteiger partial charge on any atom is 0.305 e. The monoisotopic (exact) mass is 386 g/mol. The molecule has 1 aliphatic heterocycles. The van der Waals surface area contributed by atoms with E-state index in [0.717, 1.165) is 24.2 Å². The first-order chi connectivity index (χ1) is 13.6. The van der Waals surface area contributed by atoms with Gasteiger partial charge >= 0.3 is 5.97 Å². The minimum Gasteiger partial charge on any atom is -0.497 e. The van der Waals surface area contributed by atoms with Crippen molar-refractivity contribution in [2.75, 3.05) is 20.8 Å². The molecule has 28 heavy (non-hydrogen) atoms. The molecule has 0 unspecified atom stereocenters. The summed E-state index contributed by atoms with van der Waals surface area (Å²) in [5.74, 6) is 7.08. The highest BCUT2D eigenvalue weighted by molar-refractivity contribution is 5.69. The Hall–Kier alpha value is -2.29. The van der Waals surface area contributed by atoms with Crippen molar-refractivity contribution < 1.29 is 23.7 Å². The molecule has 0 N–H and O–H groups in total. The van der Waals surface area contributed by atoms with E-state index in [1.807, 2.05) is 31.2 Å². The van der Waals surface area contributed by atoms with Crippen LogP contribution < -0.4 is 4.74 Å². The molecule has 0 spiro atoms. The third-order valence-corrected chi connectivity index (χ3v) is 4.56. The van der Waals surface area contributed by atoms with Crippen molar-refractivity contribution in [3.63, 3.8) is 0 Å². The molecule has 0 saturated heterocycles. The fourth-order valence-corrected chi connectivity index (χ4v) is 3.06. The second-order valence-corrected chi connectivity index (χ2v) is 6.98. The quantitative estimate of drug-likeness (QED) is 0.279. The van der Waals surface area contributed by atoms with Gasteiger partial charge in [-0.2, -0.15) is 0 Å². The molecule has 0 radical (unpaired) electrons. The van der Waals surface area contributed by atoms with Gasteiger partial charge in [-0.05, 0) is 36.5 Å². The summed E-state index contributed by atoms with van der Waals surface area (Å²) in [5, 5.41) is 0. The first-order valence-corrected chi connectivity index (χ1v) is 9.66. The average molecular weight is 386 g/mol. The number of carbonyl (C=O) groups is 1. The summed E-state index contributed by atoms with van der Waals surface area (Å²) in [7, 11) is 3.07. The predicted molar refractivity (Wildman–Crippen MR) is 108 cm³/mol. The van der Waals surface area contributed by atoms with E-state index in [-0.39, 0.29) is 24.1 Å². The van der Waals surface area contributed by atoms with Crippen molar-refractivity contribution >= 4 is 5.97 Å². The Morgan fingerprint density at radius 3 is 2.75 bits per heavy atom. The zero-order valence-electron chi connectivity index (χ0n) is 17.0. The molecule has 0 amide bonds. The van der Waals surface area contributed by atoms with Crippen LogP contribution in [-0.4, -0.2) is 39.0 Å². The molecule has 1 aliphatic rings. The topological polar surface area (TPSA) is 54.0 Å². The lowest BCUT2D eigenvalue weighted by molar-refractivity contribution is -0.141. The van der Waals surface area contributed by atoms with Crippen LogP contribution in [-0.2, 0) is 25.6 Å². The van der Waals surface area contributed by atoms with Crippen molar-refractivity contribution in [2.24, 2.45) is 5.92 Å².